The van der Waals surface area contributed by atoms with Crippen molar-refractivity contribution in [1.82, 2.24) is 9.38 Å². The van der Waals surface area contributed by atoms with E-state index in [4.69, 9.17) is 4.98 Å². The molecule has 3 nitrogen and oxygen atoms in total. The number of nitrogens with zero attached hydrogens (tertiary/aromatic N) is 2. The fraction of sp³-hybridized carbons (Fsp3) is 0. The number of aromatic nitrogens is 2. The first-order chi connectivity index (χ1) is 28.2. The molecule has 266 valence electrons. The summed E-state index contributed by atoms with van der Waals surface area (Å²) in [5.41, 5.74) is 15.3. The van der Waals surface area contributed by atoms with Gasteiger partial charge in [0.2, 0.25) is 0 Å². The SMILES string of the molecule is O=c1c2ccc(-c3ccccc3-c3ccccc3)c3cccc(c32)c2nc3cc(-c4ccccc4-c4ccccc4)cc(-c4ccccc4-c4ccccc4)c3n12. The van der Waals surface area contributed by atoms with Crippen LogP contribution in [0.5, 0.6) is 0 Å². The zero-order chi connectivity index (χ0) is 37.9. The Morgan fingerprint density at radius 1 is 0.333 bits per heavy atom. The summed E-state index contributed by atoms with van der Waals surface area (Å²) in [5.74, 6) is 0. The normalized spacial score (nSPS) is 11.6. The molecule has 0 aliphatic carbocycles. The van der Waals surface area contributed by atoms with Gasteiger partial charge in [-0.2, -0.15) is 0 Å². The molecule has 2 heterocycles. The van der Waals surface area contributed by atoms with E-state index in [1.165, 1.54) is 0 Å². The van der Waals surface area contributed by atoms with E-state index in [0.717, 1.165) is 94.0 Å². The van der Waals surface area contributed by atoms with Gasteiger partial charge in [0.15, 0.2) is 0 Å². The van der Waals surface area contributed by atoms with Crippen LogP contribution in [-0.4, -0.2) is 9.38 Å². The van der Waals surface area contributed by atoms with Crippen molar-refractivity contribution >= 4 is 38.2 Å². The Hall–Kier alpha value is -7.62. The van der Waals surface area contributed by atoms with Crippen LogP contribution in [0.25, 0.3) is 105 Å². The molecule has 0 atom stereocenters. The summed E-state index contributed by atoms with van der Waals surface area (Å²) >= 11 is 0. The summed E-state index contributed by atoms with van der Waals surface area (Å²) in [6.45, 7) is 0. The molecule has 0 aliphatic heterocycles. The van der Waals surface area contributed by atoms with E-state index in [0.29, 0.717) is 11.0 Å². The number of hydrogen-bond donors (Lipinski definition) is 0. The van der Waals surface area contributed by atoms with Crippen LogP contribution in [0.4, 0.5) is 0 Å². The molecule has 3 heteroatoms. The van der Waals surface area contributed by atoms with Crippen molar-refractivity contribution in [2.45, 2.75) is 0 Å². The molecule has 0 saturated carbocycles. The smallest absolute Gasteiger partial charge is 0.264 e. The van der Waals surface area contributed by atoms with Crippen molar-refractivity contribution in [3.8, 4) is 66.8 Å². The van der Waals surface area contributed by atoms with Crippen LogP contribution >= 0.6 is 0 Å². The predicted molar refractivity (Wildman–Crippen MR) is 238 cm³/mol. The van der Waals surface area contributed by atoms with Gasteiger partial charge in [-0.3, -0.25) is 9.20 Å². The van der Waals surface area contributed by atoms with Crippen molar-refractivity contribution < 1.29 is 0 Å². The van der Waals surface area contributed by atoms with Gasteiger partial charge in [-0.25, -0.2) is 4.98 Å². The third-order valence-corrected chi connectivity index (χ3v) is 11.4. The second kappa shape index (κ2) is 13.3. The van der Waals surface area contributed by atoms with Gasteiger partial charge in [0.25, 0.3) is 5.56 Å². The van der Waals surface area contributed by atoms with Crippen molar-refractivity contribution in [1.29, 1.82) is 0 Å². The van der Waals surface area contributed by atoms with Crippen LogP contribution in [0, 0.1) is 0 Å². The maximum Gasteiger partial charge on any atom is 0.264 e. The molecule has 2 aromatic heterocycles. The third-order valence-electron chi connectivity index (χ3n) is 11.4. The van der Waals surface area contributed by atoms with Gasteiger partial charge < -0.3 is 0 Å². The van der Waals surface area contributed by atoms with E-state index in [2.05, 4.69) is 182 Å². The highest BCUT2D eigenvalue weighted by Crippen LogP contribution is 2.44. The molecule has 0 N–H and O–H groups in total. The Kier molecular flexibility index (Phi) is 7.65. The highest BCUT2D eigenvalue weighted by Gasteiger charge is 2.23. The lowest BCUT2D eigenvalue weighted by Gasteiger charge is -2.16. The predicted octanol–water partition coefficient (Wildman–Crippen LogP) is 13.6. The molecule has 0 radical (unpaired) electrons. The van der Waals surface area contributed by atoms with Gasteiger partial charge in [0, 0.05) is 21.7 Å². The molecule has 0 bridgehead atoms. The molecule has 0 amide bonds. The lowest BCUT2D eigenvalue weighted by Crippen LogP contribution is -2.14. The quantitative estimate of drug-likeness (QED) is 0.171. The van der Waals surface area contributed by atoms with Gasteiger partial charge >= 0.3 is 0 Å². The Morgan fingerprint density at radius 3 is 1.35 bits per heavy atom. The number of benzene rings is 9. The van der Waals surface area contributed by atoms with Crippen molar-refractivity contribution in [3.63, 3.8) is 0 Å². The van der Waals surface area contributed by atoms with Gasteiger partial charge in [-0.1, -0.05) is 188 Å². The van der Waals surface area contributed by atoms with Crippen molar-refractivity contribution in [2.75, 3.05) is 0 Å². The summed E-state index contributed by atoms with van der Waals surface area (Å²) in [7, 11) is 0. The third kappa shape index (κ3) is 5.28. The molecule has 57 heavy (non-hydrogen) atoms. The van der Waals surface area contributed by atoms with Crippen molar-refractivity contribution in [3.05, 3.63) is 217 Å². The standard InChI is InChI=1S/C54H34N2O/c57-54-48-32-31-45(43-27-14-12-24-40(43)36-19-6-2-7-20-36)46-29-16-30-47(51(46)48)53-55-50-34-38(42-26-11-10-23-39(42)35-17-4-1-5-18-35)33-49(52(50)56(53)54)44-28-15-13-25-41(44)37-21-8-3-9-22-37/h1-34H. The molecule has 0 fully saturated rings. The van der Waals surface area contributed by atoms with Crippen LogP contribution in [0.3, 0.4) is 0 Å². The second-order valence-electron chi connectivity index (χ2n) is 14.6. The molecule has 0 saturated heterocycles. The van der Waals surface area contributed by atoms with E-state index in [1.807, 2.05) is 28.7 Å². The summed E-state index contributed by atoms with van der Waals surface area (Å²) in [5, 5.41) is 3.60. The minimum Gasteiger partial charge on any atom is -0.268 e. The van der Waals surface area contributed by atoms with Gasteiger partial charge in [0.1, 0.15) is 5.65 Å². The summed E-state index contributed by atoms with van der Waals surface area (Å²) in [6.07, 6.45) is 0. The van der Waals surface area contributed by atoms with E-state index < -0.39 is 0 Å². The Morgan fingerprint density at radius 2 is 0.789 bits per heavy atom. The molecular formula is C54H34N2O. The average molecular weight is 727 g/mol. The summed E-state index contributed by atoms with van der Waals surface area (Å²) in [6, 6.07) is 72.0. The molecular weight excluding hydrogens is 693 g/mol. The topological polar surface area (TPSA) is 34.4 Å². The summed E-state index contributed by atoms with van der Waals surface area (Å²) in [4.78, 5) is 20.6. The number of fused-ring (bicyclic) bond motifs is 4. The Balaban J connectivity index is 1.24. The second-order valence-corrected chi connectivity index (χ2v) is 14.6. The molecule has 0 spiro atoms. The van der Waals surface area contributed by atoms with Crippen LogP contribution in [-0.2, 0) is 0 Å². The first kappa shape index (κ1) is 32.8. The number of imidazole rings is 1. The highest BCUT2D eigenvalue weighted by atomic mass is 16.1. The largest absolute Gasteiger partial charge is 0.268 e. The first-order valence-corrected chi connectivity index (χ1v) is 19.3. The summed E-state index contributed by atoms with van der Waals surface area (Å²) < 4.78 is 1.87. The first-order valence-electron chi connectivity index (χ1n) is 19.3. The minimum absolute atomic E-state index is 0.0741. The van der Waals surface area contributed by atoms with E-state index in [1.54, 1.807) is 0 Å². The highest BCUT2D eigenvalue weighted by molar-refractivity contribution is 6.20. The lowest BCUT2D eigenvalue weighted by atomic mass is 9.89. The van der Waals surface area contributed by atoms with Gasteiger partial charge in [0.05, 0.1) is 11.0 Å². The van der Waals surface area contributed by atoms with E-state index in [-0.39, 0.29) is 5.56 Å². The van der Waals surface area contributed by atoms with Gasteiger partial charge in [-0.05, 0) is 84.8 Å². The number of pyridine rings is 1. The zero-order valence-electron chi connectivity index (χ0n) is 30.9. The van der Waals surface area contributed by atoms with Crippen LogP contribution < -0.4 is 5.56 Å². The monoisotopic (exact) mass is 726 g/mol. The molecule has 0 unspecified atom stereocenters. The molecule has 0 aliphatic rings. The Labute approximate surface area is 329 Å². The number of rotatable bonds is 6. The lowest BCUT2D eigenvalue weighted by molar-refractivity contribution is 1.19. The maximum atomic E-state index is 15.2. The van der Waals surface area contributed by atoms with Crippen LogP contribution in [0.15, 0.2) is 211 Å². The molecule has 11 rings (SSSR count). The van der Waals surface area contributed by atoms with Crippen LogP contribution in [0.2, 0.25) is 0 Å². The molecule has 11 aromatic rings. The maximum absolute atomic E-state index is 15.2. The van der Waals surface area contributed by atoms with Gasteiger partial charge in [-0.15, -0.1) is 0 Å². The van der Waals surface area contributed by atoms with Crippen LogP contribution in [0.1, 0.15) is 0 Å². The van der Waals surface area contributed by atoms with E-state index >= 15 is 4.79 Å². The van der Waals surface area contributed by atoms with Crippen molar-refractivity contribution in [2.24, 2.45) is 0 Å². The minimum atomic E-state index is -0.0741. The van der Waals surface area contributed by atoms with E-state index in [9.17, 15) is 0 Å². The fourth-order valence-electron chi connectivity index (χ4n) is 8.85. The average Bonchev–Trinajstić information content (AvgIpc) is 3.69. The molecule has 9 aromatic carbocycles. The Bertz CT molecular complexity index is 3350. The number of hydrogen-bond acceptors (Lipinski definition) is 2. The zero-order valence-corrected chi connectivity index (χ0v) is 30.9. The fourth-order valence-corrected chi connectivity index (χ4v) is 8.85.